The number of piperidine rings is 1. The zero-order valence-electron chi connectivity index (χ0n) is 14.4. The number of hydrogen-bond donors (Lipinski definition) is 2. The second-order valence-corrected chi connectivity index (χ2v) is 6.34. The molecule has 0 unspecified atom stereocenters. The van der Waals surface area contributed by atoms with Gasteiger partial charge in [0, 0.05) is 37.9 Å². The highest BCUT2D eigenvalue weighted by Crippen LogP contribution is 2.19. The van der Waals surface area contributed by atoms with Crippen LogP contribution in [0.1, 0.15) is 18.4 Å². The van der Waals surface area contributed by atoms with Gasteiger partial charge in [0.15, 0.2) is 0 Å². The highest BCUT2D eigenvalue weighted by Gasteiger charge is 2.24. The summed E-state index contributed by atoms with van der Waals surface area (Å²) < 4.78 is 0. The summed E-state index contributed by atoms with van der Waals surface area (Å²) in [5.74, 6) is 1.02. The standard InChI is InChI=1S/C19H25N5O/c25-19(23-11-10-22-18-14-20-8-9-21-18)17-6-12-24(13-7-17)15-16-4-2-1-3-5-16/h1-5,8-9,14,17H,6-7,10-13,15H2,(H,21,22)(H,23,25). The van der Waals surface area contributed by atoms with E-state index in [4.69, 9.17) is 0 Å². The first-order valence-corrected chi connectivity index (χ1v) is 8.85. The fraction of sp³-hybridized carbons (Fsp3) is 0.421. The van der Waals surface area contributed by atoms with Crippen LogP contribution < -0.4 is 10.6 Å². The minimum atomic E-state index is 0.128. The third-order valence-corrected chi connectivity index (χ3v) is 4.50. The lowest BCUT2D eigenvalue weighted by Gasteiger charge is -2.31. The molecular formula is C19H25N5O. The summed E-state index contributed by atoms with van der Waals surface area (Å²) in [5, 5.41) is 6.16. The predicted octanol–water partition coefficient (Wildman–Crippen LogP) is 1.92. The molecule has 1 aliphatic rings. The topological polar surface area (TPSA) is 70.1 Å². The summed E-state index contributed by atoms with van der Waals surface area (Å²) in [4.78, 5) is 22.8. The Kier molecular flexibility index (Phi) is 6.34. The van der Waals surface area contributed by atoms with Crippen molar-refractivity contribution in [1.29, 1.82) is 0 Å². The molecule has 132 valence electrons. The Bertz CT molecular complexity index is 641. The summed E-state index contributed by atoms with van der Waals surface area (Å²) in [6.07, 6.45) is 6.80. The monoisotopic (exact) mass is 339 g/mol. The molecule has 0 bridgehead atoms. The second-order valence-electron chi connectivity index (χ2n) is 6.34. The van der Waals surface area contributed by atoms with E-state index in [9.17, 15) is 4.79 Å². The smallest absolute Gasteiger partial charge is 0.223 e. The molecule has 0 radical (unpaired) electrons. The zero-order valence-corrected chi connectivity index (χ0v) is 14.4. The van der Waals surface area contributed by atoms with Crippen molar-refractivity contribution in [2.45, 2.75) is 19.4 Å². The number of anilines is 1. The number of carbonyl (C=O) groups excluding carboxylic acids is 1. The Hall–Kier alpha value is -2.47. The van der Waals surface area contributed by atoms with E-state index in [1.165, 1.54) is 5.56 Å². The van der Waals surface area contributed by atoms with E-state index in [1.54, 1.807) is 18.6 Å². The van der Waals surface area contributed by atoms with Gasteiger partial charge in [0.1, 0.15) is 5.82 Å². The molecule has 1 amide bonds. The third kappa shape index (κ3) is 5.53. The van der Waals surface area contributed by atoms with Crippen molar-refractivity contribution < 1.29 is 4.79 Å². The zero-order chi connectivity index (χ0) is 17.3. The maximum Gasteiger partial charge on any atom is 0.223 e. The molecule has 1 saturated heterocycles. The fourth-order valence-electron chi connectivity index (χ4n) is 3.11. The van der Waals surface area contributed by atoms with Crippen molar-refractivity contribution in [3.63, 3.8) is 0 Å². The molecule has 0 aliphatic carbocycles. The lowest BCUT2D eigenvalue weighted by atomic mass is 9.95. The number of nitrogens with one attached hydrogen (secondary N) is 2. The summed E-state index contributed by atoms with van der Waals surface area (Å²) in [6, 6.07) is 10.5. The van der Waals surface area contributed by atoms with Crippen LogP contribution in [0.25, 0.3) is 0 Å². The van der Waals surface area contributed by atoms with Crippen molar-refractivity contribution in [2.24, 2.45) is 5.92 Å². The Morgan fingerprint density at radius 2 is 1.92 bits per heavy atom. The van der Waals surface area contributed by atoms with Crippen molar-refractivity contribution in [3.8, 4) is 0 Å². The van der Waals surface area contributed by atoms with Crippen molar-refractivity contribution in [3.05, 3.63) is 54.5 Å². The number of likely N-dealkylation sites (tertiary alicyclic amines) is 1. The second kappa shape index (κ2) is 9.13. The van der Waals surface area contributed by atoms with Crippen LogP contribution in [-0.2, 0) is 11.3 Å². The third-order valence-electron chi connectivity index (χ3n) is 4.50. The number of hydrogen-bond acceptors (Lipinski definition) is 5. The Morgan fingerprint density at radius 1 is 1.12 bits per heavy atom. The van der Waals surface area contributed by atoms with Gasteiger partial charge in [-0.2, -0.15) is 0 Å². The van der Waals surface area contributed by atoms with Gasteiger partial charge in [0.05, 0.1) is 6.20 Å². The van der Waals surface area contributed by atoms with E-state index in [2.05, 4.69) is 49.8 Å². The molecule has 1 aromatic heterocycles. The number of benzene rings is 1. The largest absolute Gasteiger partial charge is 0.367 e. The van der Waals surface area contributed by atoms with Crippen LogP contribution in [0.5, 0.6) is 0 Å². The van der Waals surface area contributed by atoms with Crippen LogP contribution in [0.4, 0.5) is 5.82 Å². The quantitative estimate of drug-likeness (QED) is 0.754. The molecular weight excluding hydrogens is 314 g/mol. The molecule has 6 heteroatoms. The normalized spacial score (nSPS) is 15.7. The SMILES string of the molecule is O=C(NCCNc1cnccn1)C1CCN(Cc2ccccc2)CC1. The molecule has 1 aromatic carbocycles. The molecule has 0 atom stereocenters. The van der Waals surface area contributed by atoms with E-state index in [0.717, 1.165) is 38.3 Å². The van der Waals surface area contributed by atoms with Gasteiger partial charge in [0.2, 0.25) is 5.91 Å². The van der Waals surface area contributed by atoms with Gasteiger partial charge in [0.25, 0.3) is 0 Å². The molecule has 3 rings (SSSR count). The first kappa shape index (κ1) is 17.4. The van der Waals surface area contributed by atoms with E-state index in [-0.39, 0.29) is 11.8 Å². The maximum atomic E-state index is 12.3. The van der Waals surface area contributed by atoms with Crippen LogP contribution in [-0.4, -0.2) is 47.0 Å². The molecule has 6 nitrogen and oxygen atoms in total. The summed E-state index contributed by atoms with van der Waals surface area (Å²) in [5.41, 5.74) is 1.33. The number of aromatic nitrogens is 2. The maximum absolute atomic E-state index is 12.3. The van der Waals surface area contributed by atoms with Gasteiger partial charge >= 0.3 is 0 Å². The Morgan fingerprint density at radius 3 is 2.64 bits per heavy atom. The molecule has 0 saturated carbocycles. The average Bonchev–Trinajstić information content (AvgIpc) is 2.67. The van der Waals surface area contributed by atoms with Crippen LogP contribution in [0.15, 0.2) is 48.9 Å². The first-order valence-electron chi connectivity index (χ1n) is 8.85. The highest BCUT2D eigenvalue weighted by molar-refractivity contribution is 5.78. The van der Waals surface area contributed by atoms with E-state index in [1.807, 2.05) is 6.07 Å². The number of amides is 1. The van der Waals surface area contributed by atoms with Gasteiger partial charge in [-0.3, -0.25) is 14.7 Å². The first-order chi connectivity index (χ1) is 12.3. The van der Waals surface area contributed by atoms with Crippen LogP contribution in [0.2, 0.25) is 0 Å². The molecule has 1 fully saturated rings. The molecule has 2 heterocycles. The summed E-state index contributed by atoms with van der Waals surface area (Å²) in [7, 11) is 0. The van der Waals surface area contributed by atoms with Crippen molar-refractivity contribution in [1.82, 2.24) is 20.2 Å². The fourth-order valence-corrected chi connectivity index (χ4v) is 3.11. The van der Waals surface area contributed by atoms with Crippen molar-refractivity contribution in [2.75, 3.05) is 31.5 Å². The van der Waals surface area contributed by atoms with E-state index in [0.29, 0.717) is 13.1 Å². The van der Waals surface area contributed by atoms with Gasteiger partial charge in [-0.1, -0.05) is 30.3 Å². The van der Waals surface area contributed by atoms with Gasteiger partial charge in [-0.25, -0.2) is 4.98 Å². The van der Waals surface area contributed by atoms with Gasteiger partial charge in [-0.05, 0) is 31.5 Å². The lowest BCUT2D eigenvalue weighted by Crippen LogP contribution is -2.41. The Balaban J connectivity index is 1.33. The number of nitrogens with zero attached hydrogens (tertiary/aromatic N) is 3. The van der Waals surface area contributed by atoms with Gasteiger partial charge < -0.3 is 10.6 Å². The van der Waals surface area contributed by atoms with Crippen LogP contribution >= 0.6 is 0 Å². The van der Waals surface area contributed by atoms with E-state index < -0.39 is 0 Å². The minimum absolute atomic E-state index is 0.128. The summed E-state index contributed by atoms with van der Waals surface area (Å²) >= 11 is 0. The molecule has 2 N–H and O–H groups in total. The predicted molar refractivity (Wildman–Crippen MR) is 98.0 cm³/mol. The highest BCUT2D eigenvalue weighted by atomic mass is 16.1. The average molecular weight is 339 g/mol. The molecule has 25 heavy (non-hydrogen) atoms. The number of rotatable bonds is 7. The summed E-state index contributed by atoms with van der Waals surface area (Å²) in [6.45, 7) is 4.17. The lowest BCUT2D eigenvalue weighted by molar-refractivity contribution is -0.126. The van der Waals surface area contributed by atoms with Crippen molar-refractivity contribution >= 4 is 11.7 Å². The molecule has 0 spiro atoms. The Labute approximate surface area is 148 Å². The number of carbonyl (C=O) groups is 1. The van der Waals surface area contributed by atoms with E-state index >= 15 is 0 Å². The van der Waals surface area contributed by atoms with Gasteiger partial charge in [-0.15, -0.1) is 0 Å². The molecule has 1 aliphatic heterocycles. The molecule has 2 aromatic rings. The van der Waals surface area contributed by atoms with Crippen LogP contribution in [0, 0.1) is 5.92 Å². The van der Waals surface area contributed by atoms with Crippen LogP contribution in [0.3, 0.4) is 0 Å². The minimum Gasteiger partial charge on any atom is -0.367 e.